The van der Waals surface area contributed by atoms with E-state index in [1.165, 1.54) is 6.42 Å². The van der Waals surface area contributed by atoms with Crippen molar-refractivity contribution in [1.82, 2.24) is 9.80 Å². The number of nitrogens with zero attached hydrogens (tertiary/aromatic N) is 2. The summed E-state index contributed by atoms with van der Waals surface area (Å²) in [4.78, 5) is 25.4. The van der Waals surface area contributed by atoms with Crippen LogP contribution in [0.3, 0.4) is 0 Å². The Morgan fingerprint density at radius 3 is 1.70 bits per heavy atom. The van der Waals surface area contributed by atoms with E-state index in [9.17, 15) is 9.59 Å². The van der Waals surface area contributed by atoms with Crippen LogP contribution in [0.5, 0.6) is 0 Å². The molecule has 2 fully saturated rings. The molecule has 116 valence electrons. The third-order valence-electron chi connectivity index (χ3n) is 3.30. The molecule has 0 bridgehead atoms. The lowest BCUT2D eigenvalue weighted by molar-refractivity contribution is -0.132. The first-order chi connectivity index (χ1) is 9.69. The molecule has 2 heterocycles. The van der Waals surface area contributed by atoms with E-state index in [1.54, 1.807) is 4.90 Å². The Hall–Kier alpha value is -0.520. The minimum atomic E-state index is 0.00460. The summed E-state index contributed by atoms with van der Waals surface area (Å²) in [6, 6.07) is 0. The average molecular weight is 325 g/mol. The maximum Gasteiger partial charge on any atom is 0.237 e. The van der Waals surface area contributed by atoms with Gasteiger partial charge in [-0.3, -0.25) is 9.59 Å². The fraction of sp³-hybridized carbons (Fsp3) is 0.846. The van der Waals surface area contributed by atoms with Gasteiger partial charge in [-0.15, -0.1) is 23.2 Å². The summed E-state index contributed by atoms with van der Waals surface area (Å²) >= 11 is 10.7. The Morgan fingerprint density at radius 1 is 0.800 bits per heavy atom. The minimum absolute atomic E-state index is 0.00460. The highest BCUT2D eigenvalue weighted by atomic mass is 35.5. The van der Waals surface area contributed by atoms with E-state index >= 15 is 0 Å². The number of piperidine rings is 1. The summed E-state index contributed by atoms with van der Waals surface area (Å²) in [5.74, 6) is 0.311. The summed E-state index contributed by atoms with van der Waals surface area (Å²) < 4.78 is 5.06. The number of carbonyl (C=O) groups is 2. The van der Waals surface area contributed by atoms with Gasteiger partial charge in [0.1, 0.15) is 11.8 Å². The summed E-state index contributed by atoms with van der Waals surface area (Å²) in [5, 5.41) is 0. The fourth-order valence-electron chi connectivity index (χ4n) is 2.13. The van der Waals surface area contributed by atoms with E-state index in [4.69, 9.17) is 27.9 Å². The lowest BCUT2D eigenvalue weighted by Crippen LogP contribution is -2.41. The number of hydrogen-bond acceptors (Lipinski definition) is 3. The molecule has 2 aliphatic rings. The van der Waals surface area contributed by atoms with Gasteiger partial charge < -0.3 is 14.5 Å². The topological polar surface area (TPSA) is 49.9 Å². The highest BCUT2D eigenvalue weighted by molar-refractivity contribution is 6.27. The van der Waals surface area contributed by atoms with Gasteiger partial charge in [0, 0.05) is 26.2 Å². The molecule has 0 N–H and O–H groups in total. The number of amides is 2. The molecule has 7 heteroatoms. The molecule has 2 aliphatic heterocycles. The molecular formula is C13H22Cl2N2O3. The van der Waals surface area contributed by atoms with Crippen molar-refractivity contribution in [2.24, 2.45) is 0 Å². The van der Waals surface area contributed by atoms with Crippen LogP contribution in [-0.2, 0) is 14.3 Å². The number of likely N-dealkylation sites (tertiary alicyclic amines) is 1. The van der Waals surface area contributed by atoms with E-state index in [0.29, 0.717) is 26.3 Å². The van der Waals surface area contributed by atoms with Crippen molar-refractivity contribution in [3.8, 4) is 0 Å². The Balaban J connectivity index is 0.000000200. The van der Waals surface area contributed by atoms with E-state index in [-0.39, 0.29) is 23.6 Å². The number of ether oxygens (including phenoxy) is 1. The highest BCUT2D eigenvalue weighted by Gasteiger charge is 2.15. The van der Waals surface area contributed by atoms with Crippen molar-refractivity contribution in [3.63, 3.8) is 0 Å². The molecule has 2 amide bonds. The zero-order valence-electron chi connectivity index (χ0n) is 11.7. The van der Waals surface area contributed by atoms with Crippen molar-refractivity contribution in [3.05, 3.63) is 0 Å². The minimum Gasteiger partial charge on any atom is -0.378 e. The molecule has 2 saturated heterocycles. The molecule has 0 saturated carbocycles. The summed E-state index contributed by atoms with van der Waals surface area (Å²) in [7, 11) is 0. The van der Waals surface area contributed by atoms with Crippen LogP contribution in [-0.4, -0.2) is 72.8 Å². The lowest BCUT2D eigenvalue weighted by atomic mass is 10.1. The zero-order valence-corrected chi connectivity index (χ0v) is 13.2. The van der Waals surface area contributed by atoms with Crippen LogP contribution < -0.4 is 0 Å². The Kier molecular flexibility index (Phi) is 8.98. The number of morpholine rings is 1. The van der Waals surface area contributed by atoms with Crippen LogP contribution >= 0.6 is 23.2 Å². The molecule has 0 aliphatic carbocycles. The first kappa shape index (κ1) is 17.5. The summed E-state index contributed by atoms with van der Waals surface area (Å²) in [5.41, 5.74) is 0. The third-order valence-corrected chi connectivity index (χ3v) is 3.76. The van der Waals surface area contributed by atoms with E-state index in [1.807, 2.05) is 4.90 Å². The lowest BCUT2D eigenvalue weighted by Gasteiger charge is -2.25. The van der Waals surface area contributed by atoms with Crippen LogP contribution in [0.2, 0.25) is 0 Å². The number of alkyl halides is 2. The SMILES string of the molecule is O=C(CCl)N1CCCCC1.O=C(CCl)N1CCOCC1. The molecule has 0 unspecified atom stereocenters. The molecule has 5 nitrogen and oxygen atoms in total. The van der Waals surface area contributed by atoms with Gasteiger partial charge in [0.05, 0.1) is 13.2 Å². The molecule has 20 heavy (non-hydrogen) atoms. The van der Waals surface area contributed by atoms with Gasteiger partial charge in [0.15, 0.2) is 0 Å². The molecular weight excluding hydrogens is 303 g/mol. The van der Waals surface area contributed by atoms with Crippen LogP contribution in [0, 0.1) is 0 Å². The normalized spacial score (nSPS) is 19.1. The molecule has 0 radical (unpaired) electrons. The first-order valence-corrected chi connectivity index (χ1v) is 8.01. The van der Waals surface area contributed by atoms with Crippen LogP contribution in [0.15, 0.2) is 0 Å². The molecule has 0 aromatic rings. The van der Waals surface area contributed by atoms with Crippen LogP contribution in [0.1, 0.15) is 19.3 Å². The van der Waals surface area contributed by atoms with Gasteiger partial charge in [0.2, 0.25) is 11.8 Å². The Morgan fingerprint density at radius 2 is 1.25 bits per heavy atom. The predicted molar refractivity (Wildman–Crippen MR) is 79.3 cm³/mol. The second kappa shape index (κ2) is 10.2. The standard InChI is InChI=1S/C7H12ClNO.C6H10ClNO2/c8-6-7(10)9-4-2-1-3-5-9;7-5-6(9)8-1-3-10-4-2-8/h1-6H2;1-5H2. The van der Waals surface area contributed by atoms with E-state index in [2.05, 4.69) is 0 Å². The second-order valence-corrected chi connectivity index (χ2v) is 5.24. The smallest absolute Gasteiger partial charge is 0.237 e. The van der Waals surface area contributed by atoms with Gasteiger partial charge in [-0.1, -0.05) is 0 Å². The van der Waals surface area contributed by atoms with Crippen molar-refractivity contribution in [2.45, 2.75) is 19.3 Å². The largest absolute Gasteiger partial charge is 0.378 e. The Labute approximate surface area is 130 Å². The second-order valence-electron chi connectivity index (χ2n) is 4.70. The van der Waals surface area contributed by atoms with Crippen LogP contribution in [0.4, 0.5) is 0 Å². The van der Waals surface area contributed by atoms with Gasteiger partial charge >= 0.3 is 0 Å². The number of halogens is 2. The van der Waals surface area contributed by atoms with Crippen molar-refractivity contribution in [1.29, 1.82) is 0 Å². The van der Waals surface area contributed by atoms with Crippen molar-refractivity contribution >= 4 is 35.0 Å². The van der Waals surface area contributed by atoms with Gasteiger partial charge in [0.25, 0.3) is 0 Å². The fourth-order valence-corrected chi connectivity index (χ4v) is 2.46. The van der Waals surface area contributed by atoms with E-state index in [0.717, 1.165) is 25.9 Å². The molecule has 0 spiro atoms. The first-order valence-electron chi connectivity index (χ1n) is 6.94. The highest BCUT2D eigenvalue weighted by Crippen LogP contribution is 2.08. The maximum atomic E-state index is 11.0. The zero-order chi connectivity index (χ0) is 14.8. The number of rotatable bonds is 2. The molecule has 0 atom stereocenters. The van der Waals surface area contributed by atoms with Gasteiger partial charge in [-0.25, -0.2) is 0 Å². The Bertz CT molecular complexity index is 274. The van der Waals surface area contributed by atoms with Gasteiger partial charge in [-0.05, 0) is 19.3 Å². The third kappa shape index (κ3) is 6.29. The molecule has 0 aromatic carbocycles. The molecule has 2 rings (SSSR count). The van der Waals surface area contributed by atoms with Crippen molar-refractivity contribution < 1.29 is 14.3 Å². The maximum absolute atomic E-state index is 11.0. The average Bonchev–Trinajstić information content (AvgIpc) is 2.55. The monoisotopic (exact) mass is 324 g/mol. The van der Waals surface area contributed by atoms with Crippen molar-refractivity contribution in [2.75, 3.05) is 51.2 Å². The van der Waals surface area contributed by atoms with E-state index < -0.39 is 0 Å². The summed E-state index contributed by atoms with van der Waals surface area (Å²) in [6.07, 6.45) is 3.54. The summed E-state index contributed by atoms with van der Waals surface area (Å²) in [6.45, 7) is 4.47. The molecule has 0 aromatic heterocycles. The number of hydrogen-bond donors (Lipinski definition) is 0. The number of carbonyl (C=O) groups excluding carboxylic acids is 2. The van der Waals surface area contributed by atoms with Crippen LogP contribution in [0.25, 0.3) is 0 Å². The quantitative estimate of drug-likeness (QED) is 0.720. The van der Waals surface area contributed by atoms with Gasteiger partial charge in [-0.2, -0.15) is 0 Å². The predicted octanol–water partition coefficient (Wildman–Crippen LogP) is 1.32.